The first-order valence-corrected chi connectivity index (χ1v) is 6.80. The number of hydrogen-bond acceptors (Lipinski definition) is 4. The molecule has 1 heterocycles. The molecule has 1 aromatic rings. The van der Waals surface area contributed by atoms with Gasteiger partial charge in [-0.3, -0.25) is 9.78 Å². The van der Waals surface area contributed by atoms with E-state index in [1.165, 1.54) is 0 Å². The van der Waals surface area contributed by atoms with Gasteiger partial charge in [0.2, 0.25) is 5.91 Å². The molecule has 94 valence electrons. The summed E-state index contributed by atoms with van der Waals surface area (Å²) in [6.45, 7) is 1.99. The highest BCUT2D eigenvalue weighted by Crippen LogP contribution is 2.09. The highest BCUT2D eigenvalue weighted by Gasteiger charge is 2.20. The lowest BCUT2D eigenvalue weighted by Crippen LogP contribution is -2.42. The number of amides is 1. The van der Waals surface area contributed by atoms with Crippen molar-refractivity contribution < 1.29 is 9.90 Å². The predicted molar refractivity (Wildman–Crippen MR) is 70.0 cm³/mol. The SMILES string of the molecule is CSCC(C)(O)CNC(=O)Cc1cccnc1. The molecule has 0 radical (unpaired) electrons. The number of aliphatic hydroxyl groups is 1. The maximum Gasteiger partial charge on any atom is 0.224 e. The summed E-state index contributed by atoms with van der Waals surface area (Å²) >= 11 is 1.55. The van der Waals surface area contributed by atoms with E-state index in [2.05, 4.69) is 10.3 Å². The zero-order valence-corrected chi connectivity index (χ0v) is 11.0. The minimum atomic E-state index is -0.857. The molecule has 4 nitrogen and oxygen atoms in total. The topological polar surface area (TPSA) is 62.2 Å². The molecule has 0 fully saturated rings. The first kappa shape index (κ1) is 14.0. The summed E-state index contributed by atoms with van der Waals surface area (Å²) in [6.07, 6.45) is 5.55. The van der Waals surface area contributed by atoms with Gasteiger partial charge in [-0.15, -0.1) is 0 Å². The van der Waals surface area contributed by atoms with Gasteiger partial charge in [0.05, 0.1) is 12.0 Å². The summed E-state index contributed by atoms with van der Waals surface area (Å²) in [5.41, 5.74) is 0.0128. The number of thioether (sulfide) groups is 1. The number of carbonyl (C=O) groups is 1. The predicted octanol–water partition coefficient (Wildman–Crippen LogP) is 0.854. The van der Waals surface area contributed by atoms with Crippen LogP contribution in [-0.2, 0) is 11.2 Å². The van der Waals surface area contributed by atoms with Gasteiger partial charge in [-0.1, -0.05) is 6.07 Å². The lowest BCUT2D eigenvalue weighted by atomic mass is 10.1. The van der Waals surface area contributed by atoms with Gasteiger partial charge < -0.3 is 10.4 Å². The second-order valence-corrected chi connectivity index (χ2v) is 5.11. The van der Waals surface area contributed by atoms with Crippen molar-refractivity contribution in [3.05, 3.63) is 30.1 Å². The molecule has 1 atom stereocenters. The summed E-state index contributed by atoms with van der Waals surface area (Å²) in [7, 11) is 0. The molecule has 1 amide bonds. The molecule has 0 aromatic carbocycles. The van der Waals surface area contributed by atoms with Crippen LogP contribution in [0.5, 0.6) is 0 Å². The maximum absolute atomic E-state index is 11.6. The Morgan fingerprint density at radius 1 is 1.65 bits per heavy atom. The molecule has 1 unspecified atom stereocenters. The van der Waals surface area contributed by atoms with Crippen molar-refractivity contribution in [1.29, 1.82) is 0 Å². The Bertz CT molecular complexity index is 355. The first-order chi connectivity index (χ1) is 8.03. The summed E-state index contributed by atoms with van der Waals surface area (Å²) in [4.78, 5) is 15.5. The Labute approximate surface area is 106 Å². The van der Waals surface area contributed by atoms with Crippen molar-refractivity contribution in [2.75, 3.05) is 18.6 Å². The van der Waals surface area contributed by atoms with E-state index >= 15 is 0 Å². The monoisotopic (exact) mass is 254 g/mol. The van der Waals surface area contributed by atoms with Crippen molar-refractivity contribution in [2.24, 2.45) is 0 Å². The Hall–Kier alpha value is -1.07. The number of hydrogen-bond donors (Lipinski definition) is 2. The molecular weight excluding hydrogens is 236 g/mol. The largest absolute Gasteiger partial charge is 0.387 e. The summed E-state index contributed by atoms with van der Waals surface area (Å²) < 4.78 is 0. The number of carbonyl (C=O) groups excluding carboxylic acids is 1. The van der Waals surface area contributed by atoms with Crippen LogP contribution in [0.1, 0.15) is 12.5 Å². The van der Waals surface area contributed by atoms with Crippen LogP contribution in [0, 0.1) is 0 Å². The average molecular weight is 254 g/mol. The second-order valence-electron chi connectivity index (χ2n) is 4.24. The molecule has 1 aromatic heterocycles. The van der Waals surface area contributed by atoms with Crippen molar-refractivity contribution in [1.82, 2.24) is 10.3 Å². The average Bonchev–Trinajstić information content (AvgIpc) is 2.28. The molecule has 0 saturated carbocycles. The number of rotatable bonds is 6. The fourth-order valence-corrected chi connectivity index (χ4v) is 2.13. The minimum absolute atomic E-state index is 0.0978. The van der Waals surface area contributed by atoms with Crippen LogP contribution in [0.2, 0.25) is 0 Å². The second kappa shape index (κ2) is 6.61. The number of pyridine rings is 1. The van der Waals surface area contributed by atoms with Crippen molar-refractivity contribution in [3.8, 4) is 0 Å². The molecule has 0 saturated heterocycles. The summed E-state index contributed by atoms with van der Waals surface area (Å²) in [6, 6.07) is 3.65. The minimum Gasteiger partial charge on any atom is -0.387 e. The van der Waals surface area contributed by atoms with Gasteiger partial charge in [-0.2, -0.15) is 11.8 Å². The van der Waals surface area contributed by atoms with E-state index in [0.29, 0.717) is 12.2 Å². The third kappa shape index (κ3) is 5.70. The zero-order chi connectivity index (χ0) is 12.7. The molecule has 2 N–H and O–H groups in total. The third-order valence-electron chi connectivity index (χ3n) is 2.21. The van der Waals surface area contributed by atoms with E-state index in [9.17, 15) is 9.90 Å². The van der Waals surface area contributed by atoms with Gasteiger partial charge in [0.15, 0.2) is 0 Å². The quantitative estimate of drug-likeness (QED) is 0.790. The molecule has 17 heavy (non-hydrogen) atoms. The van der Waals surface area contributed by atoms with Crippen LogP contribution in [0.4, 0.5) is 0 Å². The maximum atomic E-state index is 11.6. The van der Waals surface area contributed by atoms with Gasteiger partial charge >= 0.3 is 0 Å². The molecule has 5 heteroatoms. The van der Waals surface area contributed by atoms with E-state index in [1.807, 2.05) is 12.3 Å². The van der Waals surface area contributed by atoms with Crippen LogP contribution < -0.4 is 5.32 Å². The smallest absolute Gasteiger partial charge is 0.224 e. The highest BCUT2D eigenvalue weighted by atomic mass is 32.2. The number of nitrogens with one attached hydrogen (secondary N) is 1. The molecular formula is C12H18N2O2S. The van der Waals surface area contributed by atoms with E-state index < -0.39 is 5.60 Å². The first-order valence-electron chi connectivity index (χ1n) is 5.40. The van der Waals surface area contributed by atoms with E-state index in [-0.39, 0.29) is 12.5 Å². The standard InChI is InChI=1S/C12H18N2O2S/c1-12(16,9-17-2)8-14-11(15)6-10-4-3-5-13-7-10/h3-5,7,16H,6,8-9H2,1-2H3,(H,14,15). The van der Waals surface area contributed by atoms with E-state index in [1.54, 1.807) is 37.1 Å². The van der Waals surface area contributed by atoms with Crippen LogP contribution in [0.3, 0.4) is 0 Å². The van der Waals surface area contributed by atoms with Crippen molar-refractivity contribution >= 4 is 17.7 Å². The van der Waals surface area contributed by atoms with Gasteiger partial charge in [-0.05, 0) is 24.8 Å². The van der Waals surface area contributed by atoms with E-state index in [4.69, 9.17) is 0 Å². The fourth-order valence-electron chi connectivity index (χ4n) is 1.40. The van der Waals surface area contributed by atoms with Crippen LogP contribution in [0.15, 0.2) is 24.5 Å². The molecule has 0 bridgehead atoms. The normalized spacial score (nSPS) is 14.1. The highest BCUT2D eigenvalue weighted by molar-refractivity contribution is 7.98. The lowest BCUT2D eigenvalue weighted by molar-refractivity contribution is -0.121. The van der Waals surface area contributed by atoms with Gasteiger partial charge in [-0.25, -0.2) is 0 Å². The van der Waals surface area contributed by atoms with Crippen LogP contribution in [-0.4, -0.2) is 40.2 Å². The Morgan fingerprint density at radius 3 is 3.00 bits per heavy atom. The lowest BCUT2D eigenvalue weighted by Gasteiger charge is -2.22. The third-order valence-corrected chi connectivity index (χ3v) is 3.12. The molecule has 0 aliphatic rings. The zero-order valence-electron chi connectivity index (χ0n) is 10.1. The summed E-state index contributed by atoms with van der Waals surface area (Å²) in [5, 5.41) is 12.6. The molecule has 0 aliphatic heterocycles. The van der Waals surface area contributed by atoms with Gasteiger partial charge in [0, 0.05) is 24.7 Å². The Balaban J connectivity index is 2.36. The Morgan fingerprint density at radius 2 is 2.41 bits per heavy atom. The fraction of sp³-hybridized carbons (Fsp3) is 0.500. The van der Waals surface area contributed by atoms with Gasteiger partial charge in [0.1, 0.15) is 0 Å². The molecule has 1 rings (SSSR count). The van der Waals surface area contributed by atoms with Crippen molar-refractivity contribution in [2.45, 2.75) is 18.9 Å². The van der Waals surface area contributed by atoms with Gasteiger partial charge in [0.25, 0.3) is 0 Å². The Kier molecular flexibility index (Phi) is 5.44. The molecule has 0 spiro atoms. The van der Waals surface area contributed by atoms with Crippen LogP contribution >= 0.6 is 11.8 Å². The number of aromatic nitrogens is 1. The number of nitrogens with zero attached hydrogens (tertiary/aromatic N) is 1. The van der Waals surface area contributed by atoms with Crippen molar-refractivity contribution in [3.63, 3.8) is 0 Å². The summed E-state index contributed by atoms with van der Waals surface area (Å²) in [5.74, 6) is 0.500. The molecule has 0 aliphatic carbocycles. The van der Waals surface area contributed by atoms with E-state index in [0.717, 1.165) is 5.56 Å². The van der Waals surface area contributed by atoms with Crippen LogP contribution in [0.25, 0.3) is 0 Å².